The van der Waals surface area contributed by atoms with E-state index < -0.39 is 0 Å². The molecule has 0 amide bonds. The third kappa shape index (κ3) is 5.57. The summed E-state index contributed by atoms with van der Waals surface area (Å²) in [6.45, 7) is 4.23. The van der Waals surface area contributed by atoms with Crippen LogP contribution >= 0.6 is 0 Å². The standard InChI is InChI=1S/C29H36N4O5/c1-34-21-8-10-22(11-9-21)38-28-23-19-32(18-20-16-25(35-2)27(37-4)26(17-20)36-3)15-12-24(23)30-29(31-28)33-13-6-5-7-14-33/h8-11,16-17H,5-7,12-15,18-19H2,1-4H3. The highest BCUT2D eigenvalue weighted by atomic mass is 16.5. The van der Waals surface area contributed by atoms with E-state index in [1.54, 1.807) is 28.4 Å². The Morgan fingerprint density at radius 1 is 0.763 bits per heavy atom. The average molecular weight is 521 g/mol. The monoisotopic (exact) mass is 520 g/mol. The molecule has 0 atom stereocenters. The van der Waals surface area contributed by atoms with Gasteiger partial charge in [0, 0.05) is 39.1 Å². The Balaban J connectivity index is 1.43. The molecule has 2 aliphatic rings. The Kier molecular flexibility index (Phi) is 8.03. The summed E-state index contributed by atoms with van der Waals surface area (Å²) in [6, 6.07) is 11.6. The number of hydrogen-bond acceptors (Lipinski definition) is 9. The van der Waals surface area contributed by atoms with Crippen LogP contribution in [0.5, 0.6) is 34.6 Å². The normalized spacial score (nSPS) is 15.5. The molecule has 5 rings (SSSR count). The third-order valence-electron chi connectivity index (χ3n) is 7.13. The molecule has 1 fully saturated rings. The van der Waals surface area contributed by atoms with Crippen molar-refractivity contribution in [3.05, 3.63) is 53.2 Å². The lowest BCUT2D eigenvalue weighted by molar-refractivity contribution is 0.237. The summed E-state index contributed by atoms with van der Waals surface area (Å²) < 4.78 is 28.3. The number of rotatable bonds is 9. The lowest BCUT2D eigenvalue weighted by Crippen LogP contribution is -2.34. The summed E-state index contributed by atoms with van der Waals surface area (Å²) >= 11 is 0. The molecule has 1 aromatic heterocycles. The molecule has 0 aliphatic carbocycles. The van der Waals surface area contributed by atoms with Gasteiger partial charge in [0.05, 0.1) is 39.7 Å². The van der Waals surface area contributed by atoms with Gasteiger partial charge in [-0.15, -0.1) is 0 Å². The summed E-state index contributed by atoms with van der Waals surface area (Å²) in [5.41, 5.74) is 3.16. The second-order valence-electron chi connectivity index (χ2n) is 9.57. The van der Waals surface area contributed by atoms with Crippen LogP contribution in [-0.2, 0) is 19.5 Å². The van der Waals surface area contributed by atoms with E-state index in [0.29, 0.717) is 36.2 Å². The van der Waals surface area contributed by atoms with E-state index >= 15 is 0 Å². The molecule has 38 heavy (non-hydrogen) atoms. The first-order valence-electron chi connectivity index (χ1n) is 13.1. The van der Waals surface area contributed by atoms with E-state index in [0.717, 1.165) is 73.2 Å². The molecule has 2 aromatic carbocycles. The van der Waals surface area contributed by atoms with Gasteiger partial charge < -0.3 is 28.6 Å². The fraction of sp³-hybridized carbons (Fsp3) is 0.448. The fourth-order valence-electron chi connectivity index (χ4n) is 5.12. The minimum Gasteiger partial charge on any atom is -0.497 e. The Morgan fingerprint density at radius 3 is 2.08 bits per heavy atom. The highest BCUT2D eigenvalue weighted by molar-refractivity contribution is 5.54. The quantitative estimate of drug-likeness (QED) is 0.393. The molecule has 0 unspecified atom stereocenters. The van der Waals surface area contributed by atoms with E-state index in [2.05, 4.69) is 9.80 Å². The second kappa shape index (κ2) is 11.8. The zero-order chi connectivity index (χ0) is 26.5. The van der Waals surface area contributed by atoms with E-state index in [4.69, 9.17) is 33.7 Å². The minimum atomic E-state index is 0.594. The van der Waals surface area contributed by atoms with Crippen molar-refractivity contribution in [2.45, 2.75) is 38.8 Å². The summed E-state index contributed by atoms with van der Waals surface area (Å²) in [7, 11) is 6.55. The summed E-state index contributed by atoms with van der Waals surface area (Å²) in [6.07, 6.45) is 4.41. The number of fused-ring (bicyclic) bond motifs is 1. The van der Waals surface area contributed by atoms with Gasteiger partial charge >= 0.3 is 0 Å². The number of anilines is 1. The van der Waals surface area contributed by atoms with E-state index in [1.807, 2.05) is 36.4 Å². The Hall–Kier alpha value is -3.72. The number of methoxy groups -OCH3 is 4. The van der Waals surface area contributed by atoms with Crippen molar-refractivity contribution >= 4 is 5.95 Å². The number of aromatic nitrogens is 2. The molecule has 1 saturated heterocycles. The minimum absolute atomic E-state index is 0.594. The molecule has 0 bridgehead atoms. The maximum atomic E-state index is 6.39. The molecule has 0 spiro atoms. The van der Waals surface area contributed by atoms with Gasteiger partial charge in [-0.2, -0.15) is 4.98 Å². The number of ether oxygens (including phenoxy) is 5. The van der Waals surface area contributed by atoms with E-state index in [-0.39, 0.29) is 0 Å². The third-order valence-corrected chi connectivity index (χ3v) is 7.13. The van der Waals surface area contributed by atoms with Crippen molar-refractivity contribution < 1.29 is 23.7 Å². The maximum Gasteiger partial charge on any atom is 0.228 e. The molecule has 2 aliphatic heterocycles. The average Bonchev–Trinajstić information content (AvgIpc) is 2.97. The lowest BCUT2D eigenvalue weighted by Gasteiger charge is -2.32. The van der Waals surface area contributed by atoms with Gasteiger partial charge in [0.25, 0.3) is 0 Å². The second-order valence-corrected chi connectivity index (χ2v) is 9.57. The van der Waals surface area contributed by atoms with Gasteiger partial charge in [-0.1, -0.05) is 0 Å². The van der Waals surface area contributed by atoms with Gasteiger partial charge in [0.15, 0.2) is 11.5 Å². The maximum absolute atomic E-state index is 6.39. The van der Waals surface area contributed by atoms with Crippen molar-refractivity contribution in [1.82, 2.24) is 14.9 Å². The summed E-state index contributed by atoms with van der Waals surface area (Å²) in [5, 5.41) is 0. The number of piperidine rings is 1. The Labute approximate surface area is 224 Å². The zero-order valence-electron chi connectivity index (χ0n) is 22.7. The smallest absolute Gasteiger partial charge is 0.228 e. The van der Waals surface area contributed by atoms with Gasteiger partial charge in [0.1, 0.15) is 11.5 Å². The first-order valence-corrected chi connectivity index (χ1v) is 13.1. The van der Waals surface area contributed by atoms with Crippen LogP contribution < -0.4 is 28.6 Å². The SMILES string of the molecule is COc1ccc(Oc2nc(N3CCCCC3)nc3c2CN(Cc2cc(OC)c(OC)c(OC)c2)CC3)cc1. The molecular formula is C29H36N4O5. The van der Waals surface area contributed by atoms with Crippen LogP contribution in [0.15, 0.2) is 36.4 Å². The molecule has 3 aromatic rings. The zero-order valence-corrected chi connectivity index (χ0v) is 22.7. The van der Waals surface area contributed by atoms with Crippen LogP contribution in [0.4, 0.5) is 5.95 Å². The first-order chi connectivity index (χ1) is 18.6. The largest absolute Gasteiger partial charge is 0.497 e. The molecule has 202 valence electrons. The van der Waals surface area contributed by atoms with Crippen LogP contribution in [-0.4, -0.2) is 62.9 Å². The van der Waals surface area contributed by atoms with Gasteiger partial charge in [-0.05, 0) is 61.2 Å². The predicted octanol–water partition coefficient (Wildman–Crippen LogP) is 4.85. The molecule has 0 radical (unpaired) electrons. The molecule has 0 N–H and O–H groups in total. The number of hydrogen-bond donors (Lipinski definition) is 0. The lowest BCUT2D eigenvalue weighted by atomic mass is 10.0. The van der Waals surface area contributed by atoms with Crippen molar-refractivity contribution in [2.75, 3.05) is 53.0 Å². The first kappa shape index (κ1) is 25.9. The van der Waals surface area contributed by atoms with Crippen LogP contribution in [0.2, 0.25) is 0 Å². The molecule has 0 saturated carbocycles. The molecule has 9 heteroatoms. The van der Waals surface area contributed by atoms with Crippen molar-refractivity contribution in [1.29, 1.82) is 0 Å². The fourth-order valence-corrected chi connectivity index (χ4v) is 5.12. The summed E-state index contributed by atoms with van der Waals surface area (Å²) in [4.78, 5) is 14.6. The molecule has 9 nitrogen and oxygen atoms in total. The highest BCUT2D eigenvalue weighted by Gasteiger charge is 2.27. The van der Waals surface area contributed by atoms with Crippen LogP contribution in [0.25, 0.3) is 0 Å². The van der Waals surface area contributed by atoms with Gasteiger partial charge in [-0.3, -0.25) is 4.90 Å². The van der Waals surface area contributed by atoms with Crippen LogP contribution in [0.3, 0.4) is 0 Å². The number of benzene rings is 2. The Morgan fingerprint density at radius 2 is 1.45 bits per heavy atom. The van der Waals surface area contributed by atoms with Crippen molar-refractivity contribution in [3.63, 3.8) is 0 Å². The number of nitrogens with zero attached hydrogens (tertiary/aromatic N) is 4. The topological polar surface area (TPSA) is 78.4 Å². The van der Waals surface area contributed by atoms with E-state index in [1.165, 1.54) is 6.42 Å². The van der Waals surface area contributed by atoms with Crippen molar-refractivity contribution in [2.24, 2.45) is 0 Å². The Bertz CT molecular complexity index is 1220. The molecular weight excluding hydrogens is 484 g/mol. The molecule has 3 heterocycles. The van der Waals surface area contributed by atoms with Gasteiger partial charge in [0.2, 0.25) is 17.6 Å². The van der Waals surface area contributed by atoms with E-state index in [9.17, 15) is 0 Å². The van der Waals surface area contributed by atoms with Gasteiger partial charge in [-0.25, -0.2) is 4.98 Å². The van der Waals surface area contributed by atoms with Crippen LogP contribution in [0, 0.1) is 0 Å². The highest BCUT2D eigenvalue weighted by Crippen LogP contribution is 2.39. The van der Waals surface area contributed by atoms with Crippen molar-refractivity contribution in [3.8, 4) is 34.6 Å². The summed E-state index contributed by atoms with van der Waals surface area (Å²) in [5.74, 6) is 4.79. The predicted molar refractivity (Wildman–Crippen MR) is 145 cm³/mol. The van der Waals surface area contributed by atoms with Crippen LogP contribution in [0.1, 0.15) is 36.1 Å².